The topological polar surface area (TPSA) is 80.6 Å². The maximum absolute atomic E-state index is 12.7. The van der Waals surface area contributed by atoms with Crippen molar-refractivity contribution >= 4 is 29.2 Å². The lowest BCUT2D eigenvalue weighted by atomic mass is 10.1. The van der Waals surface area contributed by atoms with Crippen molar-refractivity contribution < 1.29 is 14.6 Å². The SMILES string of the molecule is COc1cccc(CNCc2c(Cl)cc(Cl)c(=O)n2CCc2ccc(C(=O)O)cc2)c1. The average molecular weight is 461 g/mol. The number of aromatic carboxylic acids is 1. The van der Waals surface area contributed by atoms with Gasteiger partial charge in [-0.05, 0) is 47.9 Å². The summed E-state index contributed by atoms with van der Waals surface area (Å²) in [4.78, 5) is 23.7. The molecule has 0 spiro atoms. The zero-order valence-electron chi connectivity index (χ0n) is 16.9. The van der Waals surface area contributed by atoms with Gasteiger partial charge in [0.25, 0.3) is 5.56 Å². The number of carboxylic acid groups (broad SMARTS) is 1. The summed E-state index contributed by atoms with van der Waals surface area (Å²) in [6.07, 6.45) is 0.527. The maximum Gasteiger partial charge on any atom is 0.335 e. The first-order valence-corrected chi connectivity index (χ1v) is 10.4. The van der Waals surface area contributed by atoms with Gasteiger partial charge in [0.05, 0.1) is 23.4 Å². The van der Waals surface area contributed by atoms with Crippen LogP contribution in [0.4, 0.5) is 0 Å². The number of pyridine rings is 1. The van der Waals surface area contributed by atoms with E-state index in [-0.39, 0.29) is 16.1 Å². The summed E-state index contributed by atoms with van der Waals surface area (Å²) >= 11 is 12.5. The molecule has 3 aromatic rings. The van der Waals surface area contributed by atoms with E-state index in [0.29, 0.717) is 36.8 Å². The molecule has 2 aromatic carbocycles. The summed E-state index contributed by atoms with van der Waals surface area (Å²) in [5, 5.41) is 12.8. The Labute approximate surface area is 190 Å². The Morgan fingerprint density at radius 1 is 1.03 bits per heavy atom. The number of carboxylic acids is 1. The van der Waals surface area contributed by atoms with Crippen LogP contribution in [-0.4, -0.2) is 22.8 Å². The van der Waals surface area contributed by atoms with Crippen LogP contribution in [0.25, 0.3) is 0 Å². The summed E-state index contributed by atoms with van der Waals surface area (Å²) in [5.41, 5.74) is 2.49. The molecule has 162 valence electrons. The summed E-state index contributed by atoms with van der Waals surface area (Å²) in [6.45, 7) is 1.31. The average Bonchev–Trinajstić information content (AvgIpc) is 2.77. The van der Waals surface area contributed by atoms with E-state index in [9.17, 15) is 9.59 Å². The highest BCUT2D eigenvalue weighted by Crippen LogP contribution is 2.19. The minimum absolute atomic E-state index is 0.0581. The molecule has 31 heavy (non-hydrogen) atoms. The molecule has 0 bridgehead atoms. The van der Waals surface area contributed by atoms with Crippen molar-refractivity contribution in [1.82, 2.24) is 9.88 Å². The second-order valence-electron chi connectivity index (χ2n) is 6.95. The molecular weight excluding hydrogens is 439 g/mol. The van der Waals surface area contributed by atoms with E-state index in [1.807, 2.05) is 24.3 Å². The van der Waals surface area contributed by atoms with Crippen LogP contribution in [0.2, 0.25) is 10.0 Å². The first kappa shape index (κ1) is 22.9. The van der Waals surface area contributed by atoms with Gasteiger partial charge < -0.3 is 19.7 Å². The van der Waals surface area contributed by atoms with E-state index in [1.165, 1.54) is 6.07 Å². The van der Waals surface area contributed by atoms with Gasteiger partial charge in [-0.25, -0.2) is 4.79 Å². The number of ether oxygens (including phenoxy) is 1. The van der Waals surface area contributed by atoms with Crippen LogP contribution in [0.5, 0.6) is 5.75 Å². The van der Waals surface area contributed by atoms with E-state index in [2.05, 4.69) is 5.32 Å². The molecule has 0 aliphatic carbocycles. The van der Waals surface area contributed by atoms with Crippen LogP contribution in [0.1, 0.15) is 27.2 Å². The number of carbonyl (C=O) groups is 1. The lowest BCUT2D eigenvalue weighted by Crippen LogP contribution is -2.28. The predicted octanol–water partition coefficient (Wildman–Crippen LogP) is 4.39. The van der Waals surface area contributed by atoms with Gasteiger partial charge in [-0.3, -0.25) is 4.79 Å². The van der Waals surface area contributed by atoms with Gasteiger partial charge in [0, 0.05) is 19.6 Å². The Kier molecular flexibility index (Phi) is 7.74. The number of benzene rings is 2. The second kappa shape index (κ2) is 10.5. The third-order valence-corrected chi connectivity index (χ3v) is 5.48. The van der Waals surface area contributed by atoms with E-state index >= 15 is 0 Å². The molecule has 0 radical (unpaired) electrons. The number of nitrogens with zero attached hydrogens (tertiary/aromatic N) is 1. The number of methoxy groups -OCH3 is 1. The molecular formula is C23H22Cl2N2O4. The second-order valence-corrected chi connectivity index (χ2v) is 7.77. The molecule has 0 saturated heterocycles. The molecule has 0 amide bonds. The molecule has 0 aliphatic rings. The first-order chi connectivity index (χ1) is 14.9. The third kappa shape index (κ3) is 5.88. The lowest BCUT2D eigenvalue weighted by Gasteiger charge is -2.16. The van der Waals surface area contributed by atoms with Crippen molar-refractivity contribution in [2.75, 3.05) is 7.11 Å². The van der Waals surface area contributed by atoms with Gasteiger partial charge >= 0.3 is 5.97 Å². The zero-order valence-corrected chi connectivity index (χ0v) is 18.4. The number of hydrogen-bond acceptors (Lipinski definition) is 4. The molecule has 3 rings (SSSR count). The number of aryl methyl sites for hydroxylation is 1. The van der Waals surface area contributed by atoms with Crippen LogP contribution in [0.3, 0.4) is 0 Å². The Morgan fingerprint density at radius 2 is 1.77 bits per heavy atom. The first-order valence-electron chi connectivity index (χ1n) is 9.62. The summed E-state index contributed by atoms with van der Waals surface area (Å²) in [7, 11) is 1.62. The Bertz CT molecular complexity index is 1130. The van der Waals surface area contributed by atoms with Crippen LogP contribution >= 0.6 is 23.2 Å². The summed E-state index contributed by atoms with van der Waals surface area (Å²) in [6, 6.07) is 15.7. The van der Waals surface area contributed by atoms with E-state index < -0.39 is 5.97 Å². The van der Waals surface area contributed by atoms with E-state index in [0.717, 1.165) is 16.9 Å². The lowest BCUT2D eigenvalue weighted by molar-refractivity contribution is 0.0697. The van der Waals surface area contributed by atoms with Gasteiger partial charge in [-0.15, -0.1) is 0 Å². The Balaban J connectivity index is 1.74. The van der Waals surface area contributed by atoms with E-state index in [4.69, 9.17) is 33.0 Å². The molecule has 0 saturated carbocycles. The van der Waals surface area contributed by atoms with Gasteiger partial charge in [-0.2, -0.15) is 0 Å². The number of halogens is 2. The maximum atomic E-state index is 12.7. The number of rotatable bonds is 9. The van der Waals surface area contributed by atoms with Gasteiger partial charge in [0.1, 0.15) is 10.8 Å². The predicted molar refractivity (Wildman–Crippen MR) is 121 cm³/mol. The smallest absolute Gasteiger partial charge is 0.335 e. The largest absolute Gasteiger partial charge is 0.497 e. The van der Waals surface area contributed by atoms with Gasteiger partial charge in [0.2, 0.25) is 0 Å². The van der Waals surface area contributed by atoms with Gasteiger partial charge in [0.15, 0.2) is 0 Å². The molecule has 6 nitrogen and oxygen atoms in total. The molecule has 1 aromatic heterocycles. The van der Waals surface area contributed by atoms with Crippen molar-refractivity contribution in [2.24, 2.45) is 0 Å². The van der Waals surface area contributed by atoms with Crippen molar-refractivity contribution in [2.45, 2.75) is 26.1 Å². The molecule has 0 atom stereocenters. The number of aromatic nitrogens is 1. The molecule has 0 fully saturated rings. The van der Waals surface area contributed by atoms with Crippen LogP contribution < -0.4 is 15.6 Å². The fourth-order valence-corrected chi connectivity index (χ4v) is 3.76. The van der Waals surface area contributed by atoms with Gasteiger partial charge in [-0.1, -0.05) is 47.5 Å². The summed E-state index contributed by atoms with van der Waals surface area (Å²) < 4.78 is 6.80. The zero-order chi connectivity index (χ0) is 22.4. The Hall–Kier alpha value is -2.80. The quantitative estimate of drug-likeness (QED) is 0.494. The fourth-order valence-electron chi connectivity index (χ4n) is 3.22. The minimum atomic E-state index is -0.978. The van der Waals surface area contributed by atoms with Crippen molar-refractivity contribution in [3.05, 3.63) is 97.4 Å². The number of nitrogens with one attached hydrogen (secondary N) is 1. The highest BCUT2D eigenvalue weighted by Gasteiger charge is 2.13. The van der Waals surface area contributed by atoms with Crippen molar-refractivity contribution in [1.29, 1.82) is 0 Å². The normalized spacial score (nSPS) is 10.8. The summed E-state index contributed by atoms with van der Waals surface area (Å²) in [5.74, 6) is -0.205. The van der Waals surface area contributed by atoms with Crippen LogP contribution in [0.15, 0.2) is 59.4 Å². The molecule has 0 unspecified atom stereocenters. The number of hydrogen-bond donors (Lipinski definition) is 2. The highest BCUT2D eigenvalue weighted by atomic mass is 35.5. The monoisotopic (exact) mass is 460 g/mol. The molecule has 0 aliphatic heterocycles. The van der Waals surface area contributed by atoms with E-state index in [1.54, 1.807) is 35.9 Å². The molecule has 8 heteroatoms. The minimum Gasteiger partial charge on any atom is -0.497 e. The van der Waals surface area contributed by atoms with Crippen LogP contribution in [0, 0.1) is 0 Å². The van der Waals surface area contributed by atoms with Crippen LogP contribution in [-0.2, 0) is 26.1 Å². The van der Waals surface area contributed by atoms with Crippen molar-refractivity contribution in [3.63, 3.8) is 0 Å². The third-order valence-electron chi connectivity index (χ3n) is 4.89. The molecule has 2 N–H and O–H groups in total. The van der Waals surface area contributed by atoms with Crippen molar-refractivity contribution in [3.8, 4) is 5.75 Å². The molecule has 1 heterocycles. The highest BCUT2D eigenvalue weighted by molar-refractivity contribution is 6.34. The Morgan fingerprint density at radius 3 is 2.45 bits per heavy atom. The fraction of sp³-hybridized carbons (Fsp3) is 0.217. The standard InChI is InChI=1S/C23H22Cl2N2O4/c1-31-18-4-2-3-16(11-18)13-26-14-21-19(24)12-20(25)22(28)27(21)10-9-15-5-7-17(8-6-15)23(29)30/h2-8,11-12,26H,9-10,13-14H2,1H3,(H,29,30).